The van der Waals surface area contributed by atoms with E-state index in [9.17, 15) is 8.42 Å². The molecule has 0 amide bonds. The van der Waals surface area contributed by atoms with Crippen molar-refractivity contribution in [2.45, 2.75) is 57.2 Å². The molecule has 2 atom stereocenters. The van der Waals surface area contributed by atoms with Crippen molar-refractivity contribution in [3.63, 3.8) is 0 Å². The van der Waals surface area contributed by atoms with Crippen LogP contribution in [0.3, 0.4) is 0 Å². The molecule has 21 heavy (non-hydrogen) atoms. The zero-order valence-corrected chi connectivity index (χ0v) is 13.6. The highest BCUT2D eigenvalue weighted by atomic mass is 32.2. The lowest BCUT2D eigenvalue weighted by Gasteiger charge is -2.40. The summed E-state index contributed by atoms with van der Waals surface area (Å²) in [5.41, 5.74) is 0. The van der Waals surface area contributed by atoms with Gasteiger partial charge in [-0.25, -0.2) is 0 Å². The van der Waals surface area contributed by atoms with Crippen LogP contribution in [-0.2, 0) is 14.9 Å². The van der Waals surface area contributed by atoms with E-state index in [2.05, 4.69) is 12.2 Å². The largest absolute Gasteiger partial charge is 0.379 e. The molecular formula is C14H27N3O3S. The van der Waals surface area contributed by atoms with Gasteiger partial charge in [0.1, 0.15) is 0 Å². The molecule has 2 unspecified atom stereocenters. The van der Waals surface area contributed by atoms with E-state index in [0.29, 0.717) is 44.9 Å². The minimum atomic E-state index is -3.35. The molecule has 0 saturated carbocycles. The first kappa shape index (κ1) is 15.7. The van der Waals surface area contributed by atoms with Crippen molar-refractivity contribution in [3.8, 4) is 0 Å². The Kier molecular flexibility index (Phi) is 4.85. The van der Waals surface area contributed by atoms with Crippen LogP contribution in [0.4, 0.5) is 0 Å². The van der Waals surface area contributed by atoms with Crippen LogP contribution in [0.2, 0.25) is 0 Å². The van der Waals surface area contributed by atoms with Crippen LogP contribution in [0, 0.1) is 0 Å². The van der Waals surface area contributed by atoms with E-state index in [4.69, 9.17) is 4.74 Å². The molecule has 0 radical (unpaired) electrons. The molecule has 7 heteroatoms. The number of morpholine rings is 1. The van der Waals surface area contributed by atoms with Crippen LogP contribution < -0.4 is 5.32 Å². The molecule has 0 aromatic heterocycles. The maximum absolute atomic E-state index is 13.0. The fourth-order valence-electron chi connectivity index (χ4n) is 3.89. The molecule has 122 valence electrons. The van der Waals surface area contributed by atoms with Crippen molar-refractivity contribution in [1.82, 2.24) is 13.9 Å². The number of nitrogens with one attached hydrogen (secondary N) is 1. The van der Waals surface area contributed by atoms with Gasteiger partial charge in [0, 0.05) is 37.8 Å². The van der Waals surface area contributed by atoms with E-state index in [1.807, 2.05) is 0 Å². The van der Waals surface area contributed by atoms with Crippen LogP contribution in [0.25, 0.3) is 0 Å². The molecule has 3 rings (SSSR count). The Labute approximate surface area is 128 Å². The summed E-state index contributed by atoms with van der Waals surface area (Å²) in [4.78, 5) is 0. The first-order valence-electron chi connectivity index (χ1n) is 8.22. The van der Waals surface area contributed by atoms with Crippen LogP contribution in [-0.4, -0.2) is 68.0 Å². The summed E-state index contributed by atoms with van der Waals surface area (Å²) in [7, 11) is -3.35. The fourth-order valence-corrected chi connectivity index (χ4v) is 5.76. The molecule has 1 N–H and O–H groups in total. The predicted octanol–water partition coefficient (Wildman–Crippen LogP) is 0.558. The Bertz CT molecular complexity index is 438. The molecule has 2 bridgehead atoms. The summed E-state index contributed by atoms with van der Waals surface area (Å²) in [5, 5.41) is 3.59. The van der Waals surface area contributed by atoms with Gasteiger partial charge >= 0.3 is 0 Å². The number of hydrogen-bond acceptors (Lipinski definition) is 4. The minimum Gasteiger partial charge on any atom is -0.379 e. The monoisotopic (exact) mass is 317 g/mol. The number of ether oxygens (including phenoxy) is 1. The minimum absolute atomic E-state index is 0.163. The first-order valence-corrected chi connectivity index (χ1v) is 9.61. The van der Waals surface area contributed by atoms with Gasteiger partial charge in [-0.05, 0) is 32.1 Å². The van der Waals surface area contributed by atoms with Gasteiger partial charge in [0.25, 0.3) is 10.2 Å². The third-order valence-electron chi connectivity index (χ3n) is 4.89. The Morgan fingerprint density at radius 2 is 1.81 bits per heavy atom. The number of rotatable bonds is 5. The van der Waals surface area contributed by atoms with E-state index in [0.717, 1.165) is 19.3 Å². The molecule has 0 aromatic rings. The van der Waals surface area contributed by atoms with Crippen LogP contribution in [0.15, 0.2) is 0 Å². The van der Waals surface area contributed by atoms with Gasteiger partial charge in [-0.1, -0.05) is 6.92 Å². The molecule has 0 aliphatic carbocycles. The fraction of sp³-hybridized carbons (Fsp3) is 1.00. The van der Waals surface area contributed by atoms with Gasteiger partial charge < -0.3 is 10.1 Å². The molecule has 3 heterocycles. The molecule has 3 saturated heterocycles. The smallest absolute Gasteiger partial charge is 0.282 e. The lowest BCUT2D eigenvalue weighted by molar-refractivity contribution is 0.0682. The predicted molar refractivity (Wildman–Crippen MR) is 81.3 cm³/mol. The Morgan fingerprint density at radius 1 is 1.19 bits per heavy atom. The van der Waals surface area contributed by atoms with Gasteiger partial charge in [0.05, 0.1) is 13.2 Å². The highest BCUT2D eigenvalue weighted by Crippen LogP contribution is 2.31. The Morgan fingerprint density at radius 3 is 2.38 bits per heavy atom. The van der Waals surface area contributed by atoms with Crippen LogP contribution >= 0.6 is 0 Å². The Balaban J connectivity index is 1.76. The molecular weight excluding hydrogens is 290 g/mol. The molecule has 6 nitrogen and oxygen atoms in total. The Hall–Kier alpha value is -0.210. The lowest BCUT2D eigenvalue weighted by Crippen LogP contribution is -2.55. The van der Waals surface area contributed by atoms with Gasteiger partial charge in [-0.2, -0.15) is 17.0 Å². The molecule has 0 aromatic carbocycles. The summed E-state index contributed by atoms with van der Waals surface area (Å²) >= 11 is 0. The van der Waals surface area contributed by atoms with E-state index >= 15 is 0 Å². The highest BCUT2D eigenvalue weighted by molar-refractivity contribution is 7.86. The van der Waals surface area contributed by atoms with E-state index in [1.54, 1.807) is 8.61 Å². The average molecular weight is 317 g/mol. The average Bonchev–Trinajstić information content (AvgIpc) is 2.84. The van der Waals surface area contributed by atoms with Crippen molar-refractivity contribution < 1.29 is 13.2 Å². The summed E-state index contributed by atoms with van der Waals surface area (Å²) in [6.45, 7) is 4.68. The topological polar surface area (TPSA) is 61.9 Å². The van der Waals surface area contributed by atoms with E-state index < -0.39 is 10.2 Å². The maximum atomic E-state index is 13.0. The quantitative estimate of drug-likeness (QED) is 0.805. The van der Waals surface area contributed by atoms with E-state index in [-0.39, 0.29) is 6.04 Å². The van der Waals surface area contributed by atoms with Crippen LogP contribution in [0.1, 0.15) is 39.0 Å². The van der Waals surface area contributed by atoms with Crippen molar-refractivity contribution in [2.24, 2.45) is 0 Å². The number of piperidine rings is 1. The second kappa shape index (κ2) is 6.50. The number of fused-ring (bicyclic) bond motifs is 2. The summed E-state index contributed by atoms with van der Waals surface area (Å²) < 4.78 is 34.6. The van der Waals surface area contributed by atoms with Crippen molar-refractivity contribution in [2.75, 3.05) is 32.8 Å². The third-order valence-corrected chi connectivity index (χ3v) is 6.98. The van der Waals surface area contributed by atoms with Gasteiger partial charge in [0.15, 0.2) is 0 Å². The SMILES string of the molecule is CCCN(C1CC2CCC(C1)N2)S(=O)(=O)N1CCOCC1. The second-order valence-corrected chi connectivity index (χ2v) is 8.27. The highest BCUT2D eigenvalue weighted by Gasteiger charge is 2.41. The summed E-state index contributed by atoms with van der Waals surface area (Å²) in [6, 6.07) is 1.18. The number of hydrogen-bond donors (Lipinski definition) is 1. The van der Waals surface area contributed by atoms with Crippen molar-refractivity contribution in [1.29, 1.82) is 0 Å². The molecule has 3 fully saturated rings. The molecule has 0 spiro atoms. The summed E-state index contributed by atoms with van der Waals surface area (Å²) in [6.07, 6.45) is 5.17. The first-order chi connectivity index (χ1) is 10.1. The van der Waals surface area contributed by atoms with Gasteiger partial charge in [0.2, 0.25) is 0 Å². The van der Waals surface area contributed by atoms with Gasteiger partial charge in [-0.3, -0.25) is 0 Å². The van der Waals surface area contributed by atoms with Gasteiger partial charge in [-0.15, -0.1) is 0 Å². The zero-order chi connectivity index (χ0) is 14.9. The van der Waals surface area contributed by atoms with Crippen molar-refractivity contribution in [3.05, 3.63) is 0 Å². The van der Waals surface area contributed by atoms with Crippen LogP contribution in [0.5, 0.6) is 0 Å². The maximum Gasteiger partial charge on any atom is 0.282 e. The molecule has 3 aliphatic rings. The zero-order valence-electron chi connectivity index (χ0n) is 12.8. The van der Waals surface area contributed by atoms with Crippen molar-refractivity contribution >= 4 is 10.2 Å². The normalized spacial score (nSPS) is 34.5. The summed E-state index contributed by atoms with van der Waals surface area (Å²) in [5.74, 6) is 0. The standard InChI is InChI=1S/C14H27N3O3S/c1-2-5-17(14-10-12-3-4-13(11-14)15-12)21(18,19)16-6-8-20-9-7-16/h12-15H,2-11H2,1H3. The molecule has 3 aliphatic heterocycles. The number of nitrogens with zero attached hydrogens (tertiary/aromatic N) is 2. The second-order valence-electron chi connectivity index (χ2n) is 6.39. The third kappa shape index (κ3) is 3.27. The lowest BCUT2D eigenvalue weighted by atomic mass is 10.00. The van der Waals surface area contributed by atoms with E-state index in [1.165, 1.54) is 12.8 Å².